The average Bonchev–Trinajstić information content (AvgIpc) is 2.87. The number of carbonyl (C=O) groups excluding carboxylic acids is 1. The van der Waals surface area contributed by atoms with Crippen molar-refractivity contribution in [2.24, 2.45) is 0 Å². The predicted octanol–water partition coefficient (Wildman–Crippen LogP) is 1.03. The molecule has 2 aromatic rings. The minimum Gasteiger partial charge on any atom is -0.340 e. The maximum Gasteiger partial charge on any atom is 0.282 e. The van der Waals surface area contributed by atoms with Crippen molar-refractivity contribution >= 4 is 17.2 Å². The Morgan fingerprint density at radius 2 is 2.18 bits per heavy atom. The molecule has 90 valence electrons. The van der Waals surface area contributed by atoms with Crippen LogP contribution in [0, 0.1) is 13.8 Å². The van der Waals surface area contributed by atoms with Gasteiger partial charge in [-0.1, -0.05) is 16.5 Å². The molecule has 17 heavy (non-hydrogen) atoms. The molecule has 1 N–H and O–H groups in total. The second-order valence-corrected chi connectivity index (χ2v) is 4.67. The molecule has 0 aliphatic heterocycles. The molecule has 1 atom stereocenters. The molecule has 2 heterocycles. The predicted molar refractivity (Wildman–Crippen MR) is 59.6 cm³/mol. The summed E-state index contributed by atoms with van der Waals surface area (Å²) in [5.74, 6) is 0.621. The summed E-state index contributed by atoms with van der Waals surface area (Å²) < 4.78 is 4.84. The van der Waals surface area contributed by atoms with Crippen LogP contribution in [0.25, 0.3) is 0 Å². The van der Waals surface area contributed by atoms with Gasteiger partial charge in [-0.2, -0.15) is 4.98 Å². The highest BCUT2D eigenvalue weighted by molar-refractivity contribution is 7.13. The molecule has 0 aliphatic carbocycles. The summed E-state index contributed by atoms with van der Waals surface area (Å²) in [7, 11) is 0. The van der Waals surface area contributed by atoms with Crippen molar-refractivity contribution in [2.75, 3.05) is 0 Å². The molecule has 0 aromatic carbocycles. The van der Waals surface area contributed by atoms with Gasteiger partial charge in [0.15, 0.2) is 5.82 Å². The van der Waals surface area contributed by atoms with Crippen LogP contribution in [0.15, 0.2) is 4.52 Å². The summed E-state index contributed by atoms with van der Waals surface area (Å²) in [5.41, 5.74) is 0. The van der Waals surface area contributed by atoms with Gasteiger partial charge in [0.25, 0.3) is 5.91 Å². The van der Waals surface area contributed by atoms with E-state index in [1.165, 1.54) is 11.3 Å². The number of carbonyl (C=O) groups is 1. The molecule has 0 bridgehead atoms. The Morgan fingerprint density at radius 1 is 1.41 bits per heavy atom. The molecule has 0 saturated heterocycles. The summed E-state index contributed by atoms with van der Waals surface area (Å²) in [5, 5.41) is 15.1. The molecule has 0 saturated carbocycles. The van der Waals surface area contributed by atoms with Crippen LogP contribution in [0.1, 0.15) is 39.5 Å². The van der Waals surface area contributed by atoms with Gasteiger partial charge in [0.2, 0.25) is 10.9 Å². The lowest BCUT2D eigenvalue weighted by atomic mass is 10.3. The smallest absolute Gasteiger partial charge is 0.282 e. The van der Waals surface area contributed by atoms with Gasteiger partial charge in [-0.15, -0.1) is 10.2 Å². The maximum atomic E-state index is 11.8. The fourth-order valence-electron chi connectivity index (χ4n) is 1.20. The normalized spacial score (nSPS) is 12.4. The first kappa shape index (κ1) is 11.6. The zero-order valence-corrected chi connectivity index (χ0v) is 10.4. The summed E-state index contributed by atoms with van der Waals surface area (Å²) in [4.78, 5) is 15.8. The largest absolute Gasteiger partial charge is 0.340 e. The number of aryl methyl sites for hydroxylation is 2. The van der Waals surface area contributed by atoms with Crippen molar-refractivity contribution in [1.82, 2.24) is 25.7 Å². The number of amides is 1. The average molecular weight is 253 g/mol. The molecule has 7 nitrogen and oxygen atoms in total. The van der Waals surface area contributed by atoms with E-state index in [9.17, 15) is 4.79 Å². The minimum atomic E-state index is -0.329. The molecule has 0 aliphatic rings. The molecule has 2 rings (SSSR count). The lowest BCUT2D eigenvalue weighted by molar-refractivity contribution is 0.0936. The molecular formula is C9H11N5O2S. The van der Waals surface area contributed by atoms with E-state index in [0.29, 0.717) is 16.7 Å². The molecule has 0 unspecified atom stereocenters. The van der Waals surface area contributed by atoms with Gasteiger partial charge < -0.3 is 9.84 Å². The van der Waals surface area contributed by atoms with E-state index < -0.39 is 0 Å². The Bertz CT molecular complexity index is 535. The van der Waals surface area contributed by atoms with Crippen LogP contribution >= 0.6 is 11.3 Å². The van der Waals surface area contributed by atoms with Gasteiger partial charge in [0.05, 0.1) is 6.04 Å². The van der Waals surface area contributed by atoms with Crippen LogP contribution in [0.2, 0.25) is 0 Å². The van der Waals surface area contributed by atoms with Crippen molar-refractivity contribution in [1.29, 1.82) is 0 Å². The van der Waals surface area contributed by atoms with E-state index in [-0.39, 0.29) is 11.9 Å². The highest BCUT2D eigenvalue weighted by atomic mass is 32.1. The Hall–Kier alpha value is -1.83. The molecule has 2 aromatic heterocycles. The van der Waals surface area contributed by atoms with Crippen molar-refractivity contribution in [3.05, 3.63) is 21.7 Å². The number of hydrogen-bond acceptors (Lipinski definition) is 7. The summed E-state index contributed by atoms with van der Waals surface area (Å²) in [6.07, 6.45) is 0. The number of aromatic nitrogens is 4. The van der Waals surface area contributed by atoms with Gasteiger partial charge >= 0.3 is 0 Å². The van der Waals surface area contributed by atoms with Gasteiger partial charge in [-0.25, -0.2) is 0 Å². The third-order valence-corrected chi connectivity index (χ3v) is 2.84. The van der Waals surface area contributed by atoms with Gasteiger partial charge in [0, 0.05) is 6.92 Å². The SMILES string of the molecule is Cc1nc([C@H](C)NC(=O)c2nnc(C)s2)no1. The van der Waals surface area contributed by atoms with E-state index in [0.717, 1.165) is 5.01 Å². The quantitative estimate of drug-likeness (QED) is 0.878. The van der Waals surface area contributed by atoms with Gasteiger partial charge in [-0.05, 0) is 13.8 Å². The van der Waals surface area contributed by atoms with E-state index >= 15 is 0 Å². The van der Waals surface area contributed by atoms with Crippen molar-refractivity contribution in [3.63, 3.8) is 0 Å². The first-order valence-electron chi connectivity index (χ1n) is 4.97. The van der Waals surface area contributed by atoms with Crippen molar-refractivity contribution < 1.29 is 9.32 Å². The van der Waals surface area contributed by atoms with Crippen LogP contribution < -0.4 is 5.32 Å². The first-order chi connectivity index (χ1) is 8.06. The topological polar surface area (TPSA) is 93.8 Å². The van der Waals surface area contributed by atoms with Crippen LogP contribution in [0.4, 0.5) is 0 Å². The molecule has 0 spiro atoms. The highest BCUT2D eigenvalue weighted by Gasteiger charge is 2.18. The maximum absolute atomic E-state index is 11.8. The molecule has 0 radical (unpaired) electrons. The number of nitrogens with one attached hydrogen (secondary N) is 1. The first-order valence-corrected chi connectivity index (χ1v) is 5.79. The zero-order valence-electron chi connectivity index (χ0n) is 9.59. The van der Waals surface area contributed by atoms with Crippen LogP contribution in [-0.2, 0) is 0 Å². The van der Waals surface area contributed by atoms with Crippen molar-refractivity contribution in [2.45, 2.75) is 26.8 Å². The molecule has 1 amide bonds. The molecule has 0 fully saturated rings. The Kier molecular flexibility index (Phi) is 3.14. The fourth-order valence-corrected chi connectivity index (χ4v) is 1.80. The summed E-state index contributed by atoms with van der Waals surface area (Å²) in [6.45, 7) is 5.26. The van der Waals surface area contributed by atoms with E-state index in [2.05, 4.69) is 25.7 Å². The Labute approximate surface area is 101 Å². The molecular weight excluding hydrogens is 242 g/mol. The third kappa shape index (κ3) is 2.64. The van der Waals surface area contributed by atoms with E-state index in [1.807, 2.05) is 0 Å². The molecule has 8 heteroatoms. The van der Waals surface area contributed by atoms with E-state index in [1.54, 1.807) is 20.8 Å². The lowest BCUT2D eigenvalue weighted by Gasteiger charge is -2.07. The van der Waals surface area contributed by atoms with Crippen LogP contribution in [-0.4, -0.2) is 26.2 Å². The Balaban J connectivity index is 2.04. The van der Waals surface area contributed by atoms with Gasteiger partial charge in [0.1, 0.15) is 5.01 Å². The van der Waals surface area contributed by atoms with Crippen LogP contribution in [0.3, 0.4) is 0 Å². The minimum absolute atomic E-state index is 0.287. The number of rotatable bonds is 3. The van der Waals surface area contributed by atoms with Gasteiger partial charge in [-0.3, -0.25) is 4.79 Å². The van der Waals surface area contributed by atoms with Crippen LogP contribution in [0.5, 0.6) is 0 Å². The zero-order chi connectivity index (χ0) is 12.4. The fraction of sp³-hybridized carbons (Fsp3) is 0.444. The number of nitrogens with zero attached hydrogens (tertiary/aromatic N) is 4. The summed E-state index contributed by atoms with van der Waals surface area (Å²) >= 11 is 1.24. The second-order valence-electron chi connectivity index (χ2n) is 3.49. The number of hydrogen-bond donors (Lipinski definition) is 1. The third-order valence-electron chi connectivity index (χ3n) is 2.00. The lowest BCUT2D eigenvalue weighted by Crippen LogP contribution is -2.27. The van der Waals surface area contributed by atoms with E-state index in [4.69, 9.17) is 4.52 Å². The Morgan fingerprint density at radius 3 is 2.71 bits per heavy atom. The second kappa shape index (κ2) is 4.58. The monoisotopic (exact) mass is 253 g/mol. The highest BCUT2D eigenvalue weighted by Crippen LogP contribution is 2.11. The standard InChI is InChI=1S/C9H11N5O2S/c1-4(7-11-5(2)16-14-7)10-8(15)9-13-12-6(3)17-9/h4H,1-3H3,(H,10,15)/t4-/m0/s1. The van der Waals surface area contributed by atoms with Crippen molar-refractivity contribution in [3.8, 4) is 0 Å². The summed E-state index contributed by atoms with van der Waals surface area (Å²) in [6, 6.07) is -0.329.